The van der Waals surface area contributed by atoms with Crippen molar-refractivity contribution in [3.05, 3.63) is 47.2 Å². The van der Waals surface area contributed by atoms with Crippen LogP contribution < -0.4 is 10.1 Å². The van der Waals surface area contributed by atoms with E-state index in [9.17, 15) is 14.0 Å². The molecule has 2 aliphatic heterocycles. The molecule has 9 heteroatoms. The predicted molar refractivity (Wildman–Crippen MR) is 117 cm³/mol. The molecule has 0 spiro atoms. The molecular weight excluding hydrogens is 413 g/mol. The van der Waals surface area contributed by atoms with Crippen LogP contribution in [0.5, 0.6) is 5.75 Å². The number of likely N-dealkylation sites (tertiary alicyclic amines) is 1. The maximum Gasteiger partial charge on any atom is 0.260 e. The van der Waals surface area contributed by atoms with Crippen molar-refractivity contribution >= 4 is 17.6 Å². The highest BCUT2D eigenvalue weighted by Gasteiger charge is 2.30. The van der Waals surface area contributed by atoms with E-state index in [1.807, 2.05) is 7.05 Å². The highest BCUT2D eigenvalue weighted by Crippen LogP contribution is 2.30. The average Bonchev–Trinajstić information content (AvgIpc) is 2.82. The van der Waals surface area contributed by atoms with Crippen molar-refractivity contribution in [2.75, 3.05) is 38.6 Å². The summed E-state index contributed by atoms with van der Waals surface area (Å²) < 4.78 is 18.6. The average molecular weight is 442 g/mol. The smallest absolute Gasteiger partial charge is 0.260 e. The third-order valence-electron chi connectivity index (χ3n) is 6.07. The molecule has 1 fully saturated rings. The fourth-order valence-electron chi connectivity index (χ4n) is 4.27. The number of anilines is 1. The molecule has 2 amide bonds. The zero-order valence-corrected chi connectivity index (χ0v) is 18.4. The standard InChI is InChI=1S/C23H28FN5O3/c1-15(30)28-11-9-20-19(13-28)23(25-2)27-22(26-20)16-4-3-10-29(12-16)21(31)14-32-18-7-5-17(24)6-8-18/h5-8,16H,3-4,9-14H2,1-2H3,(H,25,26,27). The molecule has 0 saturated carbocycles. The summed E-state index contributed by atoms with van der Waals surface area (Å²) in [6, 6.07) is 5.63. The maximum atomic E-state index is 13.0. The van der Waals surface area contributed by atoms with Gasteiger partial charge in [0.2, 0.25) is 5.91 Å². The minimum absolute atomic E-state index is 0.0433. The molecule has 1 aromatic carbocycles. The third-order valence-corrected chi connectivity index (χ3v) is 6.07. The molecule has 0 bridgehead atoms. The van der Waals surface area contributed by atoms with Gasteiger partial charge in [0.15, 0.2) is 6.61 Å². The van der Waals surface area contributed by atoms with Gasteiger partial charge in [-0.15, -0.1) is 0 Å². The van der Waals surface area contributed by atoms with Gasteiger partial charge in [0.25, 0.3) is 5.91 Å². The summed E-state index contributed by atoms with van der Waals surface area (Å²) in [7, 11) is 1.82. The molecule has 1 aromatic heterocycles. The Kier molecular flexibility index (Phi) is 6.53. The second kappa shape index (κ2) is 9.50. The van der Waals surface area contributed by atoms with Crippen molar-refractivity contribution in [1.82, 2.24) is 19.8 Å². The van der Waals surface area contributed by atoms with Crippen LogP contribution in [0.4, 0.5) is 10.2 Å². The lowest BCUT2D eigenvalue weighted by Crippen LogP contribution is -2.42. The summed E-state index contributed by atoms with van der Waals surface area (Å²) in [5, 5.41) is 3.15. The van der Waals surface area contributed by atoms with Gasteiger partial charge in [-0.2, -0.15) is 0 Å². The molecule has 1 unspecified atom stereocenters. The van der Waals surface area contributed by atoms with Gasteiger partial charge >= 0.3 is 0 Å². The van der Waals surface area contributed by atoms with Crippen LogP contribution in [0.3, 0.4) is 0 Å². The second-order valence-corrected chi connectivity index (χ2v) is 8.22. The lowest BCUT2D eigenvalue weighted by Gasteiger charge is -2.33. The summed E-state index contributed by atoms with van der Waals surface area (Å²) in [6.45, 7) is 3.85. The highest BCUT2D eigenvalue weighted by atomic mass is 19.1. The second-order valence-electron chi connectivity index (χ2n) is 8.22. The molecule has 170 valence electrons. The first-order valence-corrected chi connectivity index (χ1v) is 10.9. The Morgan fingerprint density at radius 3 is 2.69 bits per heavy atom. The number of piperidine rings is 1. The van der Waals surface area contributed by atoms with Crippen molar-refractivity contribution in [2.45, 2.75) is 38.6 Å². The third kappa shape index (κ3) is 4.81. The maximum absolute atomic E-state index is 13.0. The van der Waals surface area contributed by atoms with E-state index < -0.39 is 0 Å². The van der Waals surface area contributed by atoms with Crippen LogP contribution in [0.25, 0.3) is 0 Å². The SMILES string of the molecule is CNc1nc(C2CCCN(C(=O)COc3ccc(F)cc3)C2)nc2c1CN(C(C)=O)CC2. The quantitative estimate of drug-likeness (QED) is 0.767. The van der Waals surface area contributed by atoms with Crippen molar-refractivity contribution < 1.29 is 18.7 Å². The Bertz CT molecular complexity index is 981. The van der Waals surface area contributed by atoms with Crippen molar-refractivity contribution in [2.24, 2.45) is 0 Å². The van der Waals surface area contributed by atoms with Crippen molar-refractivity contribution in [3.63, 3.8) is 0 Å². The first-order chi connectivity index (χ1) is 15.4. The van der Waals surface area contributed by atoms with Gasteiger partial charge in [-0.1, -0.05) is 0 Å². The number of benzene rings is 1. The first kappa shape index (κ1) is 22.0. The minimum atomic E-state index is -0.345. The molecule has 32 heavy (non-hydrogen) atoms. The molecule has 3 heterocycles. The molecule has 1 N–H and O–H groups in total. The topological polar surface area (TPSA) is 87.7 Å². The van der Waals surface area contributed by atoms with Crippen LogP contribution in [0.2, 0.25) is 0 Å². The number of nitrogens with zero attached hydrogens (tertiary/aromatic N) is 4. The Hall–Kier alpha value is -3.23. The Balaban J connectivity index is 1.44. The predicted octanol–water partition coefficient (Wildman–Crippen LogP) is 2.35. The highest BCUT2D eigenvalue weighted by molar-refractivity contribution is 5.78. The lowest BCUT2D eigenvalue weighted by atomic mass is 9.96. The molecule has 1 atom stereocenters. The number of aromatic nitrogens is 2. The van der Waals surface area contributed by atoms with Crippen LogP contribution in [0.15, 0.2) is 24.3 Å². The summed E-state index contributed by atoms with van der Waals surface area (Å²) in [4.78, 5) is 37.7. The number of hydrogen-bond acceptors (Lipinski definition) is 6. The minimum Gasteiger partial charge on any atom is -0.484 e. The first-order valence-electron chi connectivity index (χ1n) is 10.9. The van der Waals surface area contributed by atoms with E-state index in [1.165, 1.54) is 24.3 Å². The molecule has 0 aliphatic carbocycles. The Labute approximate surface area is 186 Å². The van der Waals surface area contributed by atoms with Crippen LogP contribution in [0, 0.1) is 5.82 Å². The lowest BCUT2D eigenvalue weighted by molar-refractivity contribution is -0.134. The summed E-state index contributed by atoms with van der Waals surface area (Å²) in [5.74, 6) is 1.59. The van der Waals surface area contributed by atoms with E-state index >= 15 is 0 Å². The molecule has 8 nitrogen and oxygen atoms in total. The Morgan fingerprint density at radius 1 is 1.19 bits per heavy atom. The van der Waals surface area contributed by atoms with E-state index in [-0.39, 0.29) is 30.2 Å². The van der Waals surface area contributed by atoms with E-state index in [1.54, 1.807) is 16.7 Å². The van der Waals surface area contributed by atoms with Crippen LogP contribution in [0.1, 0.15) is 42.8 Å². The van der Waals surface area contributed by atoms with Gasteiger partial charge in [-0.3, -0.25) is 9.59 Å². The zero-order chi connectivity index (χ0) is 22.7. The fourth-order valence-corrected chi connectivity index (χ4v) is 4.27. The van der Waals surface area contributed by atoms with Gasteiger partial charge < -0.3 is 19.9 Å². The van der Waals surface area contributed by atoms with E-state index in [0.717, 1.165) is 35.7 Å². The Morgan fingerprint density at radius 2 is 1.97 bits per heavy atom. The van der Waals surface area contributed by atoms with Crippen molar-refractivity contribution in [1.29, 1.82) is 0 Å². The van der Waals surface area contributed by atoms with Gasteiger partial charge in [0.05, 0.1) is 12.2 Å². The van der Waals surface area contributed by atoms with E-state index in [4.69, 9.17) is 14.7 Å². The molecular formula is C23H28FN5O3. The number of halogens is 1. The van der Waals surface area contributed by atoms with Crippen molar-refractivity contribution in [3.8, 4) is 5.75 Å². The van der Waals surface area contributed by atoms with Gasteiger partial charge in [0.1, 0.15) is 23.2 Å². The fraction of sp³-hybridized carbons (Fsp3) is 0.478. The van der Waals surface area contributed by atoms with E-state index in [0.29, 0.717) is 38.3 Å². The number of carbonyl (C=O) groups excluding carboxylic acids is 2. The van der Waals surface area contributed by atoms with Gasteiger partial charge in [0, 0.05) is 51.5 Å². The van der Waals surface area contributed by atoms with Crippen LogP contribution in [-0.4, -0.2) is 64.9 Å². The van der Waals surface area contributed by atoms with Crippen LogP contribution >= 0.6 is 0 Å². The molecule has 2 aliphatic rings. The van der Waals surface area contributed by atoms with E-state index in [2.05, 4.69) is 5.32 Å². The number of rotatable bonds is 5. The zero-order valence-electron chi connectivity index (χ0n) is 18.4. The van der Waals surface area contributed by atoms with Crippen LogP contribution in [-0.2, 0) is 22.6 Å². The number of hydrogen-bond donors (Lipinski definition) is 1. The monoisotopic (exact) mass is 441 g/mol. The number of fused-ring (bicyclic) bond motifs is 1. The molecule has 0 radical (unpaired) electrons. The number of ether oxygens (including phenoxy) is 1. The molecule has 2 aromatic rings. The normalized spacial score (nSPS) is 18.2. The molecule has 4 rings (SSSR count). The van der Waals surface area contributed by atoms with Gasteiger partial charge in [-0.05, 0) is 37.1 Å². The number of carbonyl (C=O) groups is 2. The summed E-state index contributed by atoms with van der Waals surface area (Å²) >= 11 is 0. The number of amides is 2. The summed E-state index contributed by atoms with van der Waals surface area (Å²) in [5.41, 5.74) is 1.94. The molecule has 1 saturated heterocycles. The largest absolute Gasteiger partial charge is 0.484 e. The van der Waals surface area contributed by atoms with Gasteiger partial charge in [-0.25, -0.2) is 14.4 Å². The summed E-state index contributed by atoms with van der Waals surface area (Å²) in [6.07, 6.45) is 2.46. The number of nitrogens with one attached hydrogen (secondary N) is 1.